The van der Waals surface area contributed by atoms with E-state index >= 15 is 0 Å². The summed E-state index contributed by atoms with van der Waals surface area (Å²) in [7, 11) is 0. The zero-order valence-corrected chi connectivity index (χ0v) is 16.0. The van der Waals surface area contributed by atoms with E-state index in [-0.39, 0.29) is 24.0 Å². The van der Waals surface area contributed by atoms with E-state index in [1.807, 2.05) is 29.1 Å². The van der Waals surface area contributed by atoms with Gasteiger partial charge < -0.3 is 10.6 Å². The van der Waals surface area contributed by atoms with Crippen LogP contribution >= 0.6 is 24.0 Å². The molecule has 7 heteroatoms. The maximum absolute atomic E-state index is 4.58. The van der Waals surface area contributed by atoms with Crippen molar-refractivity contribution in [3.63, 3.8) is 0 Å². The molecule has 0 radical (unpaired) electrons. The number of halogens is 1. The Kier molecular flexibility index (Phi) is 9.27. The summed E-state index contributed by atoms with van der Waals surface area (Å²) in [5.74, 6) is 1.72. The van der Waals surface area contributed by atoms with Gasteiger partial charge in [-0.3, -0.25) is 4.57 Å². The van der Waals surface area contributed by atoms with Crippen molar-refractivity contribution in [1.29, 1.82) is 0 Å². The molecule has 0 atom stereocenters. The summed E-state index contributed by atoms with van der Waals surface area (Å²) in [6.45, 7) is 6.66. The van der Waals surface area contributed by atoms with Gasteiger partial charge in [0.2, 0.25) is 0 Å². The first-order valence-electron chi connectivity index (χ1n) is 7.79. The van der Waals surface area contributed by atoms with Crippen molar-refractivity contribution in [3.8, 4) is 5.82 Å². The molecule has 0 unspecified atom stereocenters. The topological polar surface area (TPSA) is 67.1 Å². The number of aliphatic imine (C=N–C) groups is 1. The number of imidazole rings is 1. The highest BCUT2D eigenvalue weighted by Crippen LogP contribution is 2.06. The molecule has 23 heavy (non-hydrogen) atoms. The molecule has 0 aliphatic rings. The minimum absolute atomic E-state index is 0. The van der Waals surface area contributed by atoms with Crippen molar-refractivity contribution < 1.29 is 0 Å². The Bertz CT molecular complexity index is 565. The molecule has 0 aliphatic heterocycles. The third kappa shape index (κ3) is 6.55. The average molecular weight is 428 g/mol. The first kappa shape index (κ1) is 19.4. The van der Waals surface area contributed by atoms with E-state index in [9.17, 15) is 0 Å². The minimum Gasteiger partial charge on any atom is -0.357 e. The molecular formula is C16H25IN6. The van der Waals surface area contributed by atoms with Gasteiger partial charge in [-0.05, 0) is 25.0 Å². The molecule has 0 bridgehead atoms. The number of unbranched alkanes of at least 4 members (excludes halogenated alkanes) is 1. The van der Waals surface area contributed by atoms with Gasteiger partial charge in [-0.25, -0.2) is 15.0 Å². The van der Waals surface area contributed by atoms with E-state index in [2.05, 4.69) is 39.4 Å². The summed E-state index contributed by atoms with van der Waals surface area (Å²) in [6, 6.07) is 4.02. The van der Waals surface area contributed by atoms with E-state index in [4.69, 9.17) is 0 Å². The van der Waals surface area contributed by atoms with Crippen molar-refractivity contribution in [2.45, 2.75) is 33.2 Å². The molecule has 0 amide bonds. The normalized spacial score (nSPS) is 11.0. The van der Waals surface area contributed by atoms with Crippen LogP contribution in [0.1, 0.15) is 32.3 Å². The van der Waals surface area contributed by atoms with Crippen molar-refractivity contribution in [1.82, 2.24) is 25.2 Å². The second-order valence-electron chi connectivity index (χ2n) is 4.97. The highest BCUT2D eigenvalue weighted by Gasteiger charge is 1.99. The van der Waals surface area contributed by atoms with Gasteiger partial charge in [-0.2, -0.15) is 0 Å². The van der Waals surface area contributed by atoms with E-state index in [0.717, 1.165) is 36.9 Å². The number of hydrogen-bond acceptors (Lipinski definition) is 3. The second-order valence-corrected chi connectivity index (χ2v) is 4.97. The Hall–Kier alpha value is -1.64. The van der Waals surface area contributed by atoms with Crippen molar-refractivity contribution in [2.75, 3.05) is 13.1 Å². The summed E-state index contributed by atoms with van der Waals surface area (Å²) >= 11 is 0. The fourth-order valence-corrected chi connectivity index (χ4v) is 1.95. The molecule has 2 aromatic heterocycles. The summed E-state index contributed by atoms with van der Waals surface area (Å²) < 4.78 is 1.88. The lowest BCUT2D eigenvalue weighted by molar-refractivity contribution is 0.730. The third-order valence-corrected chi connectivity index (χ3v) is 3.16. The molecule has 2 rings (SSSR count). The number of guanidine groups is 1. The lowest BCUT2D eigenvalue weighted by atomic mass is 10.3. The summed E-state index contributed by atoms with van der Waals surface area (Å²) in [6.07, 6.45) is 9.53. The highest BCUT2D eigenvalue weighted by atomic mass is 127. The van der Waals surface area contributed by atoms with Crippen molar-refractivity contribution >= 4 is 29.9 Å². The van der Waals surface area contributed by atoms with Crippen LogP contribution in [0.5, 0.6) is 0 Å². The van der Waals surface area contributed by atoms with Crippen LogP contribution in [0, 0.1) is 0 Å². The lowest BCUT2D eigenvalue weighted by Gasteiger charge is -2.10. The van der Waals surface area contributed by atoms with Gasteiger partial charge >= 0.3 is 0 Å². The predicted octanol–water partition coefficient (Wildman–Crippen LogP) is 2.74. The Morgan fingerprint density at radius 1 is 1.26 bits per heavy atom. The van der Waals surface area contributed by atoms with Crippen LogP contribution < -0.4 is 10.6 Å². The molecule has 0 spiro atoms. The van der Waals surface area contributed by atoms with Gasteiger partial charge in [0.1, 0.15) is 12.1 Å². The largest absolute Gasteiger partial charge is 0.357 e. The van der Waals surface area contributed by atoms with Crippen molar-refractivity contribution in [2.24, 2.45) is 4.99 Å². The van der Waals surface area contributed by atoms with Crippen LogP contribution in [-0.2, 0) is 6.54 Å². The van der Waals surface area contributed by atoms with Crippen LogP contribution in [0.4, 0.5) is 0 Å². The Labute approximate surface area is 154 Å². The van der Waals surface area contributed by atoms with E-state index in [0.29, 0.717) is 6.54 Å². The van der Waals surface area contributed by atoms with Crippen LogP contribution in [0.2, 0.25) is 0 Å². The molecule has 2 N–H and O–H groups in total. The molecule has 6 nitrogen and oxygen atoms in total. The molecule has 0 saturated carbocycles. The van der Waals surface area contributed by atoms with Gasteiger partial charge in [0.25, 0.3) is 0 Å². The van der Waals surface area contributed by atoms with E-state index < -0.39 is 0 Å². The molecule has 0 fully saturated rings. The first-order valence-corrected chi connectivity index (χ1v) is 7.79. The molecule has 0 saturated heterocycles. The van der Waals surface area contributed by atoms with Gasteiger partial charge in [0.05, 0.1) is 6.54 Å². The minimum atomic E-state index is 0. The van der Waals surface area contributed by atoms with Crippen LogP contribution in [-0.4, -0.2) is 33.6 Å². The number of nitrogens with one attached hydrogen (secondary N) is 2. The molecule has 126 valence electrons. The molecule has 2 heterocycles. The average Bonchev–Trinajstić information content (AvgIpc) is 3.08. The summed E-state index contributed by atoms with van der Waals surface area (Å²) in [5, 5.41) is 6.58. The Morgan fingerprint density at radius 2 is 2.13 bits per heavy atom. The van der Waals surface area contributed by atoms with Crippen LogP contribution in [0.25, 0.3) is 5.82 Å². The van der Waals surface area contributed by atoms with Gasteiger partial charge in [-0.1, -0.05) is 19.4 Å². The number of pyridine rings is 1. The van der Waals surface area contributed by atoms with E-state index in [1.54, 1.807) is 12.5 Å². The number of aromatic nitrogens is 3. The lowest BCUT2D eigenvalue weighted by Crippen LogP contribution is -2.37. The summed E-state index contributed by atoms with van der Waals surface area (Å²) in [4.78, 5) is 13.0. The predicted molar refractivity (Wildman–Crippen MR) is 105 cm³/mol. The zero-order valence-electron chi connectivity index (χ0n) is 13.7. The van der Waals surface area contributed by atoms with Gasteiger partial charge in [0, 0.05) is 31.7 Å². The maximum Gasteiger partial charge on any atom is 0.191 e. The fourth-order valence-electron chi connectivity index (χ4n) is 1.95. The Morgan fingerprint density at radius 3 is 2.74 bits per heavy atom. The number of nitrogens with zero attached hydrogens (tertiary/aromatic N) is 4. The smallest absolute Gasteiger partial charge is 0.191 e. The summed E-state index contributed by atoms with van der Waals surface area (Å²) in [5.41, 5.74) is 1.08. The Balaban J connectivity index is 0.00000264. The van der Waals surface area contributed by atoms with E-state index in [1.165, 1.54) is 6.42 Å². The molecule has 0 aromatic carbocycles. The monoisotopic (exact) mass is 428 g/mol. The first-order chi connectivity index (χ1) is 10.8. The van der Waals surface area contributed by atoms with Gasteiger partial charge in [0.15, 0.2) is 5.96 Å². The fraction of sp³-hybridized carbons (Fsp3) is 0.438. The SMILES string of the molecule is CCCCNC(=NCc1ccc(-n2ccnc2)nc1)NCC.I. The van der Waals surface area contributed by atoms with Crippen LogP contribution in [0.3, 0.4) is 0 Å². The standard InChI is InChI=1S/C16H24N6.HI/c1-3-5-8-19-16(18-4-2)21-12-14-6-7-15(20-11-14)22-10-9-17-13-22;/h6-7,9-11,13H,3-5,8,12H2,1-2H3,(H2,18,19,21);1H. The van der Waals surface area contributed by atoms with Gasteiger partial charge in [-0.15, -0.1) is 24.0 Å². The quantitative estimate of drug-likeness (QED) is 0.308. The number of hydrogen-bond donors (Lipinski definition) is 2. The second kappa shape index (κ2) is 11.0. The maximum atomic E-state index is 4.58. The molecule has 0 aliphatic carbocycles. The van der Waals surface area contributed by atoms with Crippen molar-refractivity contribution in [3.05, 3.63) is 42.6 Å². The van der Waals surface area contributed by atoms with Crippen LogP contribution in [0.15, 0.2) is 42.0 Å². The third-order valence-electron chi connectivity index (χ3n) is 3.16. The number of rotatable bonds is 7. The zero-order chi connectivity index (χ0) is 15.6. The highest BCUT2D eigenvalue weighted by molar-refractivity contribution is 14.0. The molecular weight excluding hydrogens is 403 g/mol. The molecule has 2 aromatic rings.